The lowest BCUT2D eigenvalue weighted by Gasteiger charge is -2.14. The zero-order valence-corrected chi connectivity index (χ0v) is 8.29. The fraction of sp³-hybridized carbons (Fsp3) is 0.625. The normalized spacial score (nSPS) is 13.0. The summed E-state index contributed by atoms with van der Waals surface area (Å²) in [7, 11) is 1.68. The smallest absolute Gasteiger partial charge is 0.123 e. The molecule has 0 aromatic carbocycles. The van der Waals surface area contributed by atoms with Crippen LogP contribution >= 0.6 is 0 Å². The van der Waals surface area contributed by atoms with E-state index in [2.05, 4.69) is 15.6 Å². The van der Waals surface area contributed by atoms with Crippen molar-refractivity contribution in [2.45, 2.75) is 18.9 Å². The molecule has 1 atom stereocenters. The van der Waals surface area contributed by atoms with Crippen molar-refractivity contribution in [3.63, 3.8) is 0 Å². The summed E-state index contributed by atoms with van der Waals surface area (Å²) >= 11 is 0. The van der Waals surface area contributed by atoms with Crippen LogP contribution in [-0.2, 0) is 4.74 Å². The number of hydrazine groups is 1. The Morgan fingerprint density at radius 3 is 3.00 bits per heavy atom. The van der Waals surface area contributed by atoms with Gasteiger partial charge in [-0.15, -0.1) is 0 Å². The van der Waals surface area contributed by atoms with E-state index < -0.39 is 0 Å². The highest BCUT2D eigenvalue weighted by atomic mass is 16.5. The molecule has 0 fully saturated rings. The molecule has 0 spiro atoms. The SMILES string of the molecule is COCCCC(NN)c1cn[nH]c1N. The Hall–Kier alpha value is -1.11. The quantitative estimate of drug-likeness (QED) is 0.291. The Bertz CT molecular complexity index is 262. The molecule has 0 aliphatic rings. The number of H-pyrrole nitrogens is 1. The second-order valence-corrected chi connectivity index (χ2v) is 3.09. The van der Waals surface area contributed by atoms with Crippen molar-refractivity contribution in [2.24, 2.45) is 5.84 Å². The van der Waals surface area contributed by atoms with Gasteiger partial charge in [0.1, 0.15) is 5.82 Å². The molecule has 0 saturated heterocycles. The first-order valence-corrected chi connectivity index (χ1v) is 4.53. The van der Waals surface area contributed by atoms with Crippen molar-refractivity contribution in [3.8, 4) is 0 Å². The first-order chi connectivity index (χ1) is 6.79. The first kappa shape index (κ1) is 11.0. The van der Waals surface area contributed by atoms with Gasteiger partial charge in [-0.1, -0.05) is 0 Å². The molecule has 0 amide bonds. The summed E-state index contributed by atoms with van der Waals surface area (Å²) < 4.78 is 4.96. The van der Waals surface area contributed by atoms with Gasteiger partial charge in [0.05, 0.1) is 12.2 Å². The van der Waals surface area contributed by atoms with Crippen LogP contribution in [0.1, 0.15) is 24.4 Å². The van der Waals surface area contributed by atoms with Crippen LogP contribution in [0.15, 0.2) is 6.20 Å². The summed E-state index contributed by atoms with van der Waals surface area (Å²) in [5.74, 6) is 5.99. The van der Waals surface area contributed by atoms with Gasteiger partial charge in [-0.05, 0) is 12.8 Å². The highest BCUT2D eigenvalue weighted by Crippen LogP contribution is 2.21. The van der Waals surface area contributed by atoms with Gasteiger partial charge in [0.15, 0.2) is 0 Å². The second-order valence-electron chi connectivity index (χ2n) is 3.09. The number of anilines is 1. The number of nitrogens with zero attached hydrogens (tertiary/aromatic N) is 1. The fourth-order valence-corrected chi connectivity index (χ4v) is 1.34. The Labute approximate surface area is 83.0 Å². The minimum atomic E-state index is 0.0314. The van der Waals surface area contributed by atoms with E-state index in [0.717, 1.165) is 25.0 Å². The third-order valence-corrected chi connectivity index (χ3v) is 2.12. The van der Waals surface area contributed by atoms with Crippen LogP contribution in [0.4, 0.5) is 5.82 Å². The number of rotatable bonds is 6. The number of nitrogens with one attached hydrogen (secondary N) is 2. The zero-order chi connectivity index (χ0) is 10.4. The molecule has 80 valence electrons. The van der Waals surface area contributed by atoms with E-state index in [1.165, 1.54) is 0 Å². The van der Waals surface area contributed by atoms with Crippen LogP contribution in [0.3, 0.4) is 0 Å². The van der Waals surface area contributed by atoms with Gasteiger partial charge in [-0.2, -0.15) is 5.10 Å². The third-order valence-electron chi connectivity index (χ3n) is 2.12. The summed E-state index contributed by atoms with van der Waals surface area (Å²) in [5.41, 5.74) is 9.29. The molecule has 14 heavy (non-hydrogen) atoms. The molecule has 1 aromatic heterocycles. The molecule has 6 N–H and O–H groups in total. The number of aromatic amines is 1. The van der Waals surface area contributed by atoms with Crippen molar-refractivity contribution in [1.29, 1.82) is 0 Å². The van der Waals surface area contributed by atoms with Crippen LogP contribution in [-0.4, -0.2) is 23.9 Å². The Morgan fingerprint density at radius 2 is 2.50 bits per heavy atom. The monoisotopic (exact) mass is 199 g/mol. The van der Waals surface area contributed by atoms with Crippen molar-refractivity contribution in [3.05, 3.63) is 11.8 Å². The number of nitrogens with two attached hydrogens (primary N) is 2. The van der Waals surface area contributed by atoms with Crippen molar-refractivity contribution < 1.29 is 4.74 Å². The zero-order valence-electron chi connectivity index (χ0n) is 8.29. The van der Waals surface area contributed by atoms with E-state index in [1.54, 1.807) is 13.3 Å². The highest BCUT2D eigenvalue weighted by Gasteiger charge is 2.13. The van der Waals surface area contributed by atoms with Crippen LogP contribution in [0.5, 0.6) is 0 Å². The molecule has 1 heterocycles. The van der Waals surface area contributed by atoms with Crippen molar-refractivity contribution >= 4 is 5.82 Å². The molecular weight excluding hydrogens is 182 g/mol. The van der Waals surface area contributed by atoms with E-state index in [4.69, 9.17) is 16.3 Å². The average molecular weight is 199 g/mol. The van der Waals surface area contributed by atoms with Gasteiger partial charge in [0.25, 0.3) is 0 Å². The van der Waals surface area contributed by atoms with E-state index in [-0.39, 0.29) is 6.04 Å². The minimum Gasteiger partial charge on any atom is -0.385 e. The van der Waals surface area contributed by atoms with Crippen molar-refractivity contribution in [1.82, 2.24) is 15.6 Å². The topological polar surface area (TPSA) is 102 Å². The average Bonchev–Trinajstić information content (AvgIpc) is 2.60. The molecular formula is C8H17N5O. The fourth-order valence-electron chi connectivity index (χ4n) is 1.34. The Kier molecular flexibility index (Phi) is 4.37. The molecule has 0 bridgehead atoms. The second kappa shape index (κ2) is 5.58. The Morgan fingerprint density at radius 1 is 1.71 bits per heavy atom. The summed E-state index contributed by atoms with van der Waals surface area (Å²) in [5, 5.41) is 6.52. The number of aromatic nitrogens is 2. The van der Waals surface area contributed by atoms with Gasteiger partial charge in [0.2, 0.25) is 0 Å². The van der Waals surface area contributed by atoms with Crippen LogP contribution in [0.25, 0.3) is 0 Å². The van der Waals surface area contributed by atoms with Gasteiger partial charge >= 0.3 is 0 Å². The molecule has 1 unspecified atom stereocenters. The predicted molar refractivity (Wildman–Crippen MR) is 54.2 cm³/mol. The minimum absolute atomic E-state index is 0.0314. The Balaban J connectivity index is 2.50. The van der Waals surface area contributed by atoms with Crippen molar-refractivity contribution in [2.75, 3.05) is 19.5 Å². The van der Waals surface area contributed by atoms with E-state index in [0.29, 0.717) is 5.82 Å². The standard InChI is InChI=1S/C8H17N5O/c1-14-4-2-3-7(12-10)6-5-11-13-8(6)9/h5,7,12H,2-4,10H2,1H3,(H3,9,11,13). The van der Waals surface area contributed by atoms with E-state index in [1.807, 2.05) is 0 Å². The molecule has 6 heteroatoms. The predicted octanol–water partition coefficient (Wildman–Crippen LogP) is -0.0771. The number of ether oxygens (including phenoxy) is 1. The summed E-state index contributed by atoms with van der Waals surface area (Å²) in [6, 6.07) is 0.0314. The molecule has 0 radical (unpaired) electrons. The number of hydrogen-bond donors (Lipinski definition) is 4. The van der Waals surface area contributed by atoms with Gasteiger partial charge < -0.3 is 10.5 Å². The largest absolute Gasteiger partial charge is 0.385 e. The lowest BCUT2D eigenvalue weighted by atomic mass is 10.1. The maximum Gasteiger partial charge on any atom is 0.123 e. The molecule has 6 nitrogen and oxygen atoms in total. The lowest BCUT2D eigenvalue weighted by molar-refractivity contribution is 0.189. The van der Waals surface area contributed by atoms with E-state index in [9.17, 15) is 0 Å². The maximum atomic E-state index is 5.68. The van der Waals surface area contributed by atoms with Gasteiger partial charge in [0, 0.05) is 19.3 Å². The van der Waals surface area contributed by atoms with Gasteiger partial charge in [-0.25, -0.2) is 0 Å². The summed E-state index contributed by atoms with van der Waals surface area (Å²) in [6.45, 7) is 0.718. The third kappa shape index (κ3) is 2.69. The number of methoxy groups -OCH3 is 1. The molecule has 1 rings (SSSR count). The highest BCUT2D eigenvalue weighted by molar-refractivity contribution is 5.39. The van der Waals surface area contributed by atoms with Gasteiger partial charge in [-0.3, -0.25) is 16.4 Å². The van der Waals surface area contributed by atoms with Crippen LogP contribution < -0.4 is 17.0 Å². The molecule has 0 aliphatic carbocycles. The first-order valence-electron chi connectivity index (χ1n) is 4.53. The van der Waals surface area contributed by atoms with Crippen LogP contribution in [0.2, 0.25) is 0 Å². The number of nitrogen functional groups attached to an aromatic ring is 1. The van der Waals surface area contributed by atoms with Crippen LogP contribution in [0, 0.1) is 0 Å². The summed E-state index contributed by atoms with van der Waals surface area (Å²) in [4.78, 5) is 0. The summed E-state index contributed by atoms with van der Waals surface area (Å²) in [6.07, 6.45) is 3.48. The maximum absolute atomic E-state index is 5.68. The van der Waals surface area contributed by atoms with E-state index >= 15 is 0 Å². The molecule has 0 saturated carbocycles. The molecule has 0 aliphatic heterocycles. The lowest BCUT2D eigenvalue weighted by Crippen LogP contribution is -2.28. The number of hydrogen-bond acceptors (Lipinski definition) is 5. The molecule has 1 aromatic rings.